The van der Waals surface area contributed by atoms with E-state index in [2.05, 4.69) is 71.4 Å². The first-order valence-corrected chi connectivity index (χ1v) is 13.3. The Morgan fingerprint density at radius 1 is 0.919 bits per heavy atom. The normalized spacial score (nSPS) is 19.6. The third kappa shape index (κ3) is 4.42. The summed E-state index contributed by atoms with van der Waals surface area (Å²) >= 11 is 0. The van der Waals surface area contributed by atoms with Crippen LogP contribution in [0.15, 0.2) is 54.7 Å². The summed E-state index contributed by atoms with van der Waals surface area (Å²) in [5.74, 6) is 2.64. The van der Waals surface area contributed by atoms with Crippen LogP contribution in [0.1, 0.15) is 54.7 Å². The van der Waals surface area contributed by atoms with E-state index >= 15 is 0 Å². The fourth-order valence-electron chi connectivity index (χ4n) is 6.05. The molecule has 1 aliphatic carbocycles. The van der Waals surface area contributed by atoms with Crippen molar-refractivity contribution >= 4 is 10.9 Å². The van der Waals surface area contributed by atoms with Gasteiger partial charge in [0.2, 0.25) is 6.79 Å². The molecule has 190 valence electrons. The van der Waals surface area contributed by atoms with Crippen LogP contribution in [-0.4, -0.2) is 68.0 Å². The molecule has 37 heavy (non-hydrogen) atoms. The Bertz CT molecular complexity index is 1390. The maximum absolute atomic E-state index is 5.58. The number of hydrogen-bond donors (Lipinski definition) is 0. The van der Waals surface area contributed by atoms with Crippen LogP contribution < -0.4 is 9.47 Å². The van der Waals surface area contributed by atoms with Crippen molar-refractivity contribution in [2.75, 3.05) is 33.0 Å². The first-order chi connectivity index (χ1) is 18.3. The van der Waals surface area contributed by atoms with E-state index in [4.69, 9.17) is 9.47 Å². The molecule has 2 aliphatic heterocycles. The molecule has 1 saturated carbocycles. The van der Waals surface area contributed by atoms with Crippen LogP contribution in [-0.2, 0) is 6.54 Å². The molecule has 0 amide bonds. The fourth-order valence-corrected chi connectivity index (χ4v) is 6.05. The van der Waals surface area contributed by atoms with Crippen LogP contribution >= 0.6 is 0 Å². The summed E-state index contributed by atoms with van der Waals surface area (Å²) in [4.78, 5) is 9.58. The Labute approximate surface area is 216 Å². The Morgan fingerprint density at radius 2 is 1.78 bits per heavy atom. The van der Waals surface area contributed by atoms with Crippen LogP contribution in [0.2, 0.25) is 0 Å². The molecule has 0 radical (unpaired) electrons. The Balaban J connectivity index is 1.15. The molecular formula is C28H31N7O2. The zero-order chi connectivity index (χ0) is 24.6. The smallest absolute Gasteiger partial charge is 0.231 e. The summed E-state index contributed by atoms with van der Waals surface area (Å²) in [6.45, 7) is 5.05. The third-order valence-corrected chi connectivity index (χ3v) is 7.99. The molecular weight excluding hydrogens is 466 g/mol. The molecule has 2 aromatic heterocycles. The lowest BCUT2D eigenvalue weighted by Crippen LogP contribution is -2.48. The van der Waals surface area contributed by atoms with Gasteiger partial charge in [0.25, 0.3) is 0 Å². The molecule has 3 aliphatic rings. The molecule has 4 heterocycles. The molecule has 0 N–H and O–H groups in total. The molecule has 7 rings (SSSR count). The van der Waals surface area contributed by atoms with Gasteiger partial charge < -0.3 is 9.47 Å². The molecule has 1 atom stereocenters. The quantitative estimate of drug-likeness (QED) is 0.396. The number of piperazine rings is 1. The molecule has 9 heteroatoms. The van der Waals surface area contributed by atoms with Crippen molar-refractivity contribution in [1.82, 2.24) is 35.0 Å². The van der Waals surface area contributed by atoms with E-state index in [0.29, 0.717) is 12.8 Å². The zero-order valence-electron chi connectivity index (χ0n) is 20.9. The van der Waals surface area contributed by atoms with Crippen molar-refractivity contribution in [3.63, 3.8) is 0 Å². The highest BCUT2D eigenvalue weighted by molar-refractivity contribution is 5.79. The second kappa shape index (κ2) is 9.72. The van der Waals surface area contributed by atoms with Gasteiger partial charge in [-0.05, 0) is 64.7 Å². The minimum atomic E-state index is 0.00731. The van der Waals surface area contributed by atoms with Crippen molar-refractivity contribution in [2.45, 2.75) is 44.3 Å². The number of nitrogens with zero attached hydrogens (tertiary/aromatic N) is 7. The summed E-state index contributed by atoms with van der Waals surface area (Å²) < 4.78 is 13.2. The molecule has 2 fully saturated rings. The zero-order valence-corrected chi connectivity index (χ0v) is 20.9. The highest BCUT2D eigenvalue weighted by Crippen LogP contribution is 2.36. The average molecular weight is 498 g/mol. The number of aromatic nitrogens is 5. The van der Waals surface area contributed by atoms with E-state index in [1.165, 1.54) is 24.0 Å². The second-order valence-corrected chi connectivity index (χ2v) is 10.3. The lowest BCUT2D eigenvalue weighted by atomic mass is 10.0. The number of pyridine rings is 1. The number of benzene rings is 2. The van der Waals surface area contributed by atoms with Crippen LogP contribution in [0.3, 0.4) is 0 Å². The van der Waals surface area contributed by atoms with Crippen LogP contribution in [0.5, 0.6) is 11.5 Å². The number of tetrazole rings is 1. The summed E-state index contributed by atoms with van der Waals surface area (Å²) in [5.41, 5.74) is 3.48. The van der Waals surface area contributed by atoms with Gasteiger partial charge in [-0.3, -0.25) is 14.8 Å². The minimum absolute atomic E-state index is 0.00731. The Hall–Kier alpha value is -3.56. The predicted molar refractivity (Wildman–Crippen MR) is 138 cm³/mol. The van der Waals surface area contributed by atoms with Crippen molar-refractivity contribution in [1.29, 1.82) is 0 Å². The first-order valence-electron chi connectivity index (χ1n) is 13.3. The highest BCUT2D eigenvalue weighted by Gasteiger charge is 2.33. The molecule has 1 saturated heterocycles. The Kier molecular flexibility index (Phi) is 5.94. The van der Waals surface area contributed by atoms with Gasteiger partial charge in [-0.1, -0.05) is 31.0 Å². The highest BCUT2D eigenvalue weighted by atomic mass is 16.7. The maximum atomic E-state index is 5.58. The largest absolute Gasteiger partial charge is 0.454 e. The fraction of sp³-hybridized carbons (Fsp3) is 0.429. The van der Waals surface area contributed by atoms with Gasteiger partial charge in [-0.15, -0.1) is 5.10 Å². The van der Waals surface area contributed by atoms with Gasteiger partial charge in [-0.2, -0.15) is 0 Å². The van der Waals surface area contributed by atoms with E-state index in [1.807, 2.05) is 18.3 Å². The third-order valence-electron chi connectivity index (χ3n) is 7.99. The lowest BCUT2D eigenvalue weighted by molar-refractivity contribution is 0.0993. The van der Waals surface area contributed by atoms with Crippen molar-refractivity contribution in [2.24, 2.45) is 0 Å². The number of ether oxygens (including phenoxy) is 2. The monoisotopic (exact) mass is 497 g/mol. The molecule has 4 aromatic rings. The van der Waals surface area contributed by atoms with Gasteiger partial charge in [0.1, 0.15) is 0 Å². The standard InChI is InChI=1S/C28H31N7O2/c1-2-6-23(5-1)35-28(30-31-32-35)27(22-8-9-24-21(17-22)4-3-11-29-24)34-14-12-33(13-15-34)18-20-7-10-25-26(16-20)37-19-36-25/h3-4,7-11,16-17,23,27H,1-2,5-6,12-15,18-19H2. The first kappa shape index (κ1) is 22.6. The second-order valence-electron chi connectivity index (χ2n) is 10.3. The summed E-state index contributed by atoms with van der Waals surface area (Å²) in [6.07, 6.45) is 6.63. The maximum Gasteiger partial charge on any atom is 0.231 e. The lowest BCUT2D eigenvalue weighted by Gasteiger charge is -2.39. The van der Waals surface area contributed by atoms with Crippen molar-refractivity contribution in [3.05, 3.63) is 71.7 Å². The topological polar surface area (TPSA) is 81.4 Å². The van der Waals surface area contributed by atoms with Crippen LogP contribution in [0.25, 0.3) is 10.9 Å². The van der Waals surface area contributed by atoms with Gasteiger partial charge in [0, 0.05) is 44.3 Å². The minimum Gasteiger partial charge on any atom is -0.454 e. The van der Waals surface area contributed by atoms with Crippen LogP contribution in [0.4, 0.5) is 0 Å². The van der Waals surface area contributed by atoms with E-state index in [0.717, 1.165) is 73.8 Å². The summed E-state index contributed by atoms with van der Waals surface area (Å²) in [5, 5.41) is 14.4. The predicted octanol–water partition coefficient (Wildman–Crippen LogP) is 3.97. The summed E-state index contributed by atoms with van der Waals surface area (Å²) in [7, 11) is 0. The van der Waals surface area contributed by atoms with E-state index in [9.17, 15) is 0 Å². The van der Waals surface area contributed by atoms with E-state index in [-0.39, 0.29) is 6.04 Å². The summed E-state index contributed by atoms with van der Waals surface area (Å²) in [6, 6.07) is 17.4. The number of hydrogen-bond acceptors (Lipinski definition) is 8. The molecule has 0 spiro atoms. The molecule has 9 nitrogen and oxygen atoms in total. The van der Waals surface area contributed by atoms with Gasteiger partial charge in [-0.25, -0.2) is 4.68 Å². The SMILES string of the molecule is c1cnc2ccc(C(c3nnnn3C3CCCC3)N3CCN(Cc4ccc5c(c4)OCO5)CC3)cc2c1. The van der Waals surface area contributed by atoms with Gasteiger partial charge in [0.15, 0.2) is 17.3 Å². The van der Waals surface area contributed by atoms with Crippen molar-refractivity contribution in [3.8, 4) is 11.5 Å². The Morgan fingerprint density at radius 3 is 2.68 bits per heavy atom. The number of rotatable bonds is 6. The molecule has 2 aromatic carbocycles. The molecule has 0 bridgehead atoms. The van der Waals surface area contributed by atoms with Gasteiger partial charge in [0.05, 0.1) is 17.6 Å². The molecule has 1 unspecified atom stereocenters. The number of fused-ring (bicyclic) bond motifs is 2. The average Bonchev–Trinajstić information content (AvgIpc) is 3.71. The van der Waals surface area contributed by atoms with E-state index in [1.54, 1.807) is 0 Å². The van der Waals surface area contributed by atoms with Gasteiger partial charge >= 0.3 is 0 Å². The van der Waals surface area contributed by atoms with E-state index < -0.39 is 0 Å². The van der Waals surface area contributed by atoms with Crippen molar-refractivity contribution < 1.29 is 9.47 Å². The van der Waals surface area contributed by atoms with Crippen LogP contribution in [0, 0.1) is 0 Å².